The fourth-order valence-corrected chi connectivity index (χ4v) is 9.76. The number of allylic oxidation sites excluding steroid dienone is 2. The van der Waals surface area contributed by atoms with E-state index in [9.17, 15) is 25.2 Å². The molecule has 0 fully saturated rings. The Balaban J connectivity index is 3.59. The molecule has 4 atom stereocenters. The molecule has 0 radical (unpaired) electrons. The van der Waals surface area contributed by atoms with Crippen molar-refractivity contribution < 1.29 is 25.2 Å². The van der Waals surface area contributed by atoms with E-state index in [0.29, 0.717) is 12.8 Å². The lowest BCUT2D eigenvalue weighted by Crippen LogP contribution is -2.53. The fraction of sp³-hybridized carbons (Fsp3) is 0.950. The Morgan fingerprint density at radius 3 is 0.879 bits per heavy atom. The number of hydrogen-bond acceptors (Lipinski definition) is 5. The molecule has 0 bridgehead atoms. The van der Waals surface area contributed by atoms with Crippen LogP contribution in [0.15, 0.2) is 12.2 Å². The third-order valence-electron chi connectivity index (χ3n) is 14.5. The molecule has 6 heteroatoms. The number of aliphatic hydroxyl groups is 4. The molecule has 0 spiro atoms. The van der Waals surface area contributed by atoms with E-state index in [2.05, 4.69) is 31.3 Å². The molecule has 6 nitrogen and oxygen atoms in total. The minimum absolute atomic E-state index is 0.369. The molecular weight excluding hydrogens is 815 g/mol. The van der Waals surface area contributed by atoms with E-state index in [0.717, 1.165) is 38.5 Å². The number of unbranched alkanes of at least 4 members (excludes halogenated alkanes) is 45. The molecule has 0 saturated carbocycles. The minimum atomic E-state index is -1.26. The van der Waals surface area contributed by atoms with E-state index in [4.69, 9.17) is 0 Å². The van der Waals surface area contributed by atoms with Crippen LogP contribution in [0.25, 0.3) is 0 Å². The molecule has 1 amide bonds. The summed E-state index contributed by atoms with van der Waals surface area (Å²) in [6, 6.07) is -0.985. The summed E-state index contributed by atoms with van der Waals surface area (Å²) in [5.74, 6) is -0.580. The van der Waals surface area contributed by atoms with Crippen molar-refractivity contribution in [1.29, 1.82) is 0 Å². The maximum Gasteiger partial charge on any atom is 0.249 e. The van der Waals surface area contributed by atoms with E-state index in [-0.39, 0.29) is 0 Å². The third-order valence-corrected chi connectivity index (χ3v) is 14.5. The standard InChI is InChI=1S/C60H119NO5/c1-3-5-7-9-11-13-15-17-19-21-23-25-27-29-30-32-33-35-37-39-41-43-45-47-49-51-53-57(63)59(65)56(55-62)61-60(66)58(64)54-52-50-48-46-44-42-40-38-36-34-31-28-26-24-22-20-18-16-14-12-10-8-6-4-2/h31,34,56-59,62-65H,3-30,32-33,35-55H2,1-2H3,(H,61,66)/b34-31-. The van der Waals surface area contributed by atoms with Crippen LogP contribution < -0.4 is 5.32 Å². The number of carbonyl (C=O) groups excluding carboxylic acids is 1. The minimum Gasteiger partial charge on any atom is -0.394 e. The molecule has 0 aliphatic heterocycles. The number of aliphatic hydroxyl groups excluding tert-OH is 4. The predicted molar refractivity (Wildman–Crippen MR) is 288 cm³/mol. The van der Waals surface area contributed by atoms with Gasteiger partial charge in [0.2, 0.25) is 5.91 Å². The van der Waals surface area contributed by atoms with Gasteiger partial charge in [0, 0.05) is 0 Å². The van der Waals surface area contributed by atoms with E-state index in [1.165, 1.54) is 270 Å². The van der Waals surface area contributed by atoms with E-state index < -0.39 is 36.9 Å². The molecule has 0 rings (SSSR count). The van der Waals surface area contributed by atoms with Crippen molar-refractivity contribution in [3.8, 4) is 0 Å². The highest BCUT2D eigenvalue weighted by molar-refractivity contribution is 5.80. The van der Waals surface area contributed by atoms with E-state index in [1.807, 2.05) is 0 Å². The second kappa shape index (κ2) is 55.0. The topological polar surface area (TPSA) is 110 Å². The van der Waals surface area contributed by atoms with Crippen LogP contribution in [-0.4, -0.2) is 57.3 Å². The summed E-state index contributed by atoms with van der Waals surface area (Å²) in [5, 5.41) is 44.1. The van der Waals surface area contributed by atoms with Gasteiger partial charge >= 0.3 is 0 Å². The van der Waals surface area contributed by atoms with E-state index in [1.54, 1.807) is 0 Å². The van der Waals surface area contributed by atoms with Gasteiger partial charge in [-0.15, -0.1) is 0 Å². The molecular formula is C60H119NO5. The Hall–Kier alpha value is -0.950. The molecule has 0 saturated heterocycles. The van der Waals surface area contributed by atoms with Crippen molar-refractivity contribution in [2.45, 2.75) is 359 Å². The van der Waals surface area contributed by atoms with Gasteiger partial charge in [0.05, 0.1) is 18.8 Å². The summed E-state index contributed by atoms with van der Waals surface area (Å²) in [5.41, 5.74) is 0. The Morgan fingerprint density at radius 1 is 0.364 bits per heavy atom. The van der Waals surface area contributed by atoms with Gasteiger partial charge in [-0.1, -0.05) is 309 Å². The first-order valence-electron chi connectivity index (χ1n) is 30.1. The normalized spacial score (nSPS) is 13.7. The van der Waals surface area contributed by atoms with Crippen LogP contribution in [0.3, 0.4) is 0 Å². The lowest BCUT2D eigenvalue weighted by Gasteiger charge is -2.27. The van der Waals surface area contributed by atoms with Crippen LogP contribution >= 0.6 is 0 Å². The van der Waals surface area contributed by atoms with Crippen LogP contribution in [0.1, 0.15) is 335 Å². The highest BCUT2D eigenvalue weighted by Crippen LogP contribution is 2.19. The second-order valence-corrected chi connectivity index (χ2v) is 21.1. The van der Waals surface area contributed by atoms with Crippen molar-refractivity contribution in [3.63, 3.8) is 0 Å². The van der Waals surface area contributed by atoms with E-state index >= 15 is 0 Å². The first-order valence-corrected chi connectivity index (χ1v) is 30.1. The van der Waals surface area contributed by atoms with Gasteiger partial charge in [-0.05, 0) is 38.5 Å². The monoisotopic (exact) mass is 934 g/mol. The summed E-state index contributed by atoms with van der Waals surface area (Å²) >= 11 is 0. The molecule has 0 aliphatic rings. The Kier molecular flexibility index (Phi) is 54.2. The van der Waals surface area contributed by atoms with Crippen LogP contribution in [-0.2, 0) is 4.79 Å². The van der Waals surface area contributed by atoms with Gasteiger partial charge in [0.25, 0.3) is 0 Å². The van der Waals surface area contributed by atoms with Crippen molar-refractivity contribution in [1.82, 2.24) is 5.32 Å². The summed E-state index contributed by atoms with van der Waals surface area (Å²) in [7, 11) is 0. The average molecular weight is 935 g/mol. The van der Waals surface area contributed by atoms with Crippen molar-refractivity contribution >= 4 is 5.91 Å². The van der Waals surface area contributed by atoms with Crippen LogP contribution in [0.5, 0.6) is 0 Å². The van der Waals surface area contributed by atoms with Crippen LogP contribution in [0.2, 0.25) is 0 Å². The Morgan fingerprint density at radius 2 is 0.606 bits per heavy atom. The lowest BCUT2D eigenvalue weighted by molar-refractivity contribution is -0.132. The second-order valence-electron chi connectivity index (χ2n) is 21.1. The number of rotatable bonds is 56. The van der Waals surface area contributed by atoms with Crippen molar-refractivity contribution in [2.24, 2.45) is 0 Å². The largest absolute Gasteiger partial charge is 0.394 e. The summed E-state index contributed by atoms with van der Waals surface area (Å²) in [4.78, 5) is 12.6. The predicted octanol–water partition coefficient (Wildman–Crippen LogP) is 17.6. The van der Waals surface area contributed by atoms with Crippen molar-refractivity contribution in [2.75, 3.05) is 6.61 Å². The third kappa shape index (κ3) is 48.1. The number of carbonyl (C=O) groups is 1. The first-order chi connectivity index (χ1) is 32.5. The molecule has 0 heterocycles. The Bertz CT molecular complexity index is 959. The van der Waals surface area contributed by atoms with Crippen LogP contribution in [0, 0.1) is 0 Å². The highest BCUT2D eigenvalue weighted by atomic mass is 16.3. The van der Waals surface area contributed by atoms with Gasteiger partial charge in [-0.25, -0.2) is 0 Å². The number of amides is 1. The molecule has 0 aromatic heterocycles. The lowest BCUT2D eigenvalue weighted by atomic mass is 9.99. The number of hydrogen-bond donors (Lipinski definition) is 5. The molecule has 4 unspecified atom stereocenters. The fourth-order valence-electron chi connectivity index (χ4n) is 9.76. The summed E-state index contributed by atoms with van der Waals surface area (Å²) in [6.45, 7) is 4.10. The van der Waals surface area contributed by atoms with Gasteiger partial charge < -0.3 is 25.7 Å². The number of nitrogens with one attached hydrogen (secondary N) is 1. The zero-order valence-corrected chi connectivity index (χ0v) is 44.7. The Labute approximate surface area is 412 Å². The smallest absolute Gasteiger partial charge is 0.249 e. The highest BCUT2D eigenvalue weighted by Gasteiger charge is 2.28. The molecule has 394 valence electrons. The zero-order valence-electron chi connectivity index (χ0n) is 44.7. The van der Waals surface area contributed by atoms with Gasteiger partial charge in [-0.3, -0.25) is 4.79 Å². The zero-order chi connectivity index (χ0) is 48.1. The maximum atomic E-state index is 12.6. The van der Waals surface area contributed by atoms with Gasteiger partial charge in [0.15, 0.2) is 0 Å². The molecule has 0 aromatic rings. The van der Waals surface area contributed by atoms with Gasteiger partial charge in [-0.2, -0.15) is 0 Å². The van der Waals surface area contributed by atoms with Crippen LogP contribution in [0.4, 0.5) is 0 Å². The summed E-state index contributed by atoms with van der Waals surface area (Å²) in [6.07, 6.45) is 65.8. The molecule has 0 aliphatic carbocycles. The molecule has 0 aromatic carbocycles. The SMILES string of the molecule is CCCCCCCCCCCCCC/C=C\CCCCCCCCCCC(O)C(=O)NC(CO)C(O)C(O)CCCCCCCCCCCCCCCCCCCCCCCCCCCC. The van der Waals surface area contributed by atoms with Gasteiger partial charge in [0.1, 0.15) is 12.2 Å². The van der Waals surface area contributed by atoms with Crippen molar-refractivity contribution in [3.05, 3.63) is 12.2 Å². The quantitative estimate of drug-likeness (QED) is 0.0308. The summed E-state index contributed by atoms with van der Waals surface area (Å²) < 4.78 is 0. The first kappa shape index (κ1) is 65.0. The molecule has 5 N–H and O–H groups in total. The average Bonchev–Trinajstić information content (AvgIpc) is 3.32. The maximum absolute atomic E-state index is 12.6. The molecule has 66 heavy (non-hydrogen) atoms.